The van der Waals surface area contributed by atoms with Gasteiger partial charge >= 0.3 is 0 Å². The molecular formula is C24H30N4O3. The third-order valence-electron chi connectivity index (χ3n) is 6.45. The molecule has 0 aliphatic heterocycles. The molecule has 164 valence electrons. The van der Waals surface area contributed by atoms with Gasteiger partial charge in [0.05, 0.1) is 0 Å². The van der Waals surface area contributed by atoms with Gasteiger partial charge in [-0.1, -0.05) is 30.3 Å². The fourth-order valence-corrected chi connectivity index (χ4v) is 4.86. The molecule has 4 rings (SSSR count). The number of primary amides is 1. The standard InChI is InChI=1S/C24H30N4O3/c25-17(9-8-16-5-2-1-3-6-16)11-21(29)28-18-12-24(13-18)14-19(15-24)31-23-20(22(26)30)7-4-10-27-23/h1-7,10,17-19H,8-9,11-15,25H2,(H2,26,30)(H,28,29)/t17-,18?,19?,24?/m0/s1. The van der Waals surface area contributed by atoms with Crippen LogP contribution in [0.3, 0.4) is 0 Å². The molecule has 5 N–H and O–H groups in total. The number of hydrogen-bond acceptors (Lipinski definition) is 5. The molecule has 2 saturated carbocycles. The van der Waals surface area contributed by atoms with Crippen molar-refractivity contribution in [1.82, 2.24) is 10.3 Å². The minimum atomic E-state index is -0.537. The Bertz CT molecular complexity index is 919. The molecule has 1 atom stereocenters. The molecule has 1 aromatic carbocycles. The molecule has 1 aromatic heterocycles. The van der Waals surface area contributed by atoms with Crippen LogP contribution in [0.25, 0.3) is 0 Å². The smallest absolute Gasteiger partial charge is 0.254 e. The monoisotopic (exact) mass is 422 g/mol. The van der Waals surface area contributed by atoms with Gasteiger partial charge in [0.2, 0.25) is 11.8 Å². The summed E-state index contributed by atoms with van der Waals surface area (Å²) in [6.07, 6.45) is 7.41. The van der Waals surface area contributed by atoms with Crippen molar-refractivity contribution in [2.24, 2.45) is 16.9 Å². The van der Waals surface area contributed by atoms with Crippen molar-refractivity contribution in [1.29, 1.82) is 0 Å². The first kappa shape index (κ1) is 21.3. The summed E-state index contributed by atoms with van der Waals surface area (Å²) < 4.78 is 5.89. The highest BCUT2D eigenvalue weighted by atomic mass is 16.5. The van der Waals surface area contributed by atoms with E-state index in [0.717, 1.165) is 38.5 Å². The van der Waals surface area contributed by atoms with Gasteiger partial charge in [-0.2, -0.15) is 0 Å². The van der Waals surface area contributed by atoms with Crippen molar-refractivity contribution >= 4 is 11.8 Å². The lowest BCUT2D eigenvalue weighted by Gasteiger charge is -2.57. The van der Waals surface area contributed by atoms with E-state index in [4.69, 9.17) is 16.2 Å². The molecule has 31 heavy (non-hydrogen) atoms. The number of nitrogens with one attached hydrogen (secondary N) is 1. The maximum Gasteiger partial charge on any atom is 0.254 e. The summed E-state index contributed by atoms with van der Waals surface area (Å²) in [7, 11) is 0. The Hall–Kier alpha value is -2.93. The predicted octanol–water partition coefficient (Wildman–Crippen LogP) is 2.34. The molecule has 0 saturated heterocycles. The second kappa shape index (κ2) is 9.06. The summed E-state index contributed by atoms with van der Waals surface area (Å²) in [5.41, 5.74) is 13.3. The topological polar surface area (TPSA) is 120 Å². The van der Waals surface area contributed by atoms with Crippen molar-refractivity contribution in [3.05, 3.63) is 59.8 Å². The summed E-state index contributed by atoms with van der Waals surface area (Å²) in [5.74, 6) is -0.193. The highest BCUT2D eigenvalue weighted by Crippen LogP contribution is 2.56. The lowest BCUT2D eigenvalue weighted by Crippen LogP contribution is -2.59. The Morgan fingerprint density at radius 3 is 2.58 bits per heavy atom. The van der Waals surface area contributed by atoms with Gasteiger partial charge in [-0.05, 0) is 61.6 Å². The number of ether oxygens (including phenoxy) is 1. The Labute approximate surface area is 182 Å². The number of benzene rings is 1. The van der Waals surface area contributed by atoms with E-state index in [-0.39, 0.29) is 29.5 Å². The third-order valence-corrected chi connectivity index (χ3v) is 6.45. The number of nitrogens with zero attached hydrogens (tertiary/aromatic N) is 1. The zero-order chi connectivity index (χ0) is 21.8. The number of aromatic nitrogens is 1. The number of aryl methyl sites for hydroxylation is 1. The fourth-order valence-electron chi connectivity index (χ4n) is 4.86. The van der Waals surface area contributed by atoms with Gasteiger partial charge < -0.3 is 21.5 Å². The number of rotatable bonds is 9. The number of hydrogen-bond donors (Lipinski definition) is 3. The molecule has 1 heterocycles. The van der Waals surface area contributed by atoms with E-state index in [2.05, 4.69) is 22.4 Å². The highest BCUT2D eigenvalue weighted by molar-refractivity contribution is 5.94. The van der Waals surface area contributed by atoms with Crippen molar-refractivity contribution in [3.8, 4) is 5.88 Å². The first-order valence-corrected chi connectivity index (χ1v) is 10.9. The molecule has 2 fully saturated rings. The lowest BCUT2D eigenvalue weighted by molar-refractivity contribution is -0.127. The number of carbonyl (C=O) groups excluding carboxylic acids is 2. The summed E-state index contributed by atoms with van der Waals surface area (Å²) in [4.78, 5) is 28.0. The van der Waals surface area contributed by atoms with E-state index in [1.54, 1.807) is 18.3 Å². The van der Waals surface area contributed by atoms with Gasteiger partial charge in [0.15, 0.2) is 0 Å². The minimum Gasteiger partial charge on any atom is -0.474 e. The lowest BCUT2D eigenvalue weighted by atomic mass is 9.53. The van der Waals surface area contributed by atoms with Gasteiger partial charge in [-0.25, -0.2) is 4.98 Å². The van der Waals surface area contributed by atoms with Gasteiger partial charge in [-0.3, -0.25) is 9.59 Å². The van der Waals surface area contributed by atoms with Crippen LogP contribution in [0.4, 0.5) is 0 Å². The molecule has 0 unspecified atom stereocenters. The third kappa shape index (κ3) is 5.22. The number of pyridine rings is 1. The quantitative estimate of drug-likeness (QED) is 0.573. The van der Waals surface area contributed by atoms with E-state index in [0.29, 0.717) is 17.9 Å². The van der Waals surface area contributed by atoms with E-state index < -0.39 is 5.91 Å². The Kier molecular flexibility index (Phi) is 6.23. The van der Waals surface area contributed by atoms with Crippen LogP contribution in [-0.4, -0.2) is 35.0 Å². The second-order valence-corrected chi connectivity index (χ2v) is 9.03. The zero-order valence-electron chi connectivity index (χ0n) is 17.6. The van der Waals surface area contributed by atoms with E-state index in [9.17, 15) is 9.59 Å². The number of nitrogens with two attached hydrogens (primary N) is 2. The van der Waals surface area contributed by atoms with Crippen molar-refractivity contribution in [2.75, 3.05) is 0 Å². The molecular weight excluding hydrogens is 392 g/mol. The second-order valence-electron chi connectivity index (χ2n) is 9.03. The minimum absolute atomic E-state index is 0.0344. The molecule has 2 aromatic rings. The molecule has 0 bridgehead atoms. The molecule has 2 aliphatic carbocycles. The Morgan fingerprint density at radius 2 is 1.87 bits per heavy atom. The average Bonchev–Trinajstić information content (AvgIpc) is 2.70. The normalized spacial score (nSPS) is 25.2. The van der Waals surface area contributed by atoms with Crippen LogP contribution in [0.15, 0.2) is 48.7 Å². The average molecular weight is 423 g/mol. The van der Waals surface area contributed by atoms with Crippen LogP contribution in [0.2, 0.25) is 0 Å². The molecule has 1 spiro atoms. The van der Waals surface area contributed by atoms with Crippen molar-refractivity contribution < 1.29 is 14.3 Å². The van der Waals surface area contributed by atoms with Crippen LogP contribution in [0, 0.1) is 5.41 Å². The van der Waals surface area contributed by atoms with E-state index >= 15 is 0 Å². The highest BCUT2D eigenvalue weighted by Gasteiger charge is 2.54. The Morgan fingerprint density at radius 1 is 1.13 bits per heavy atom. The summed E-state index contributed by atoms with van der Waals surface area (Å²) in [5, 5.41) is 3.12. The summed E-state index contributed by atoms with van der Waals surface area (Å²) >= 11 is 0. The van der Waals surface area contributed by atoms with Crippen LogP contribution in [0.5, 0.6) is 5.88 Å². The van der Waals surface area contributed by atoms with E-state index in [1.165, 1.54) is 5.56 Å². The van der Waals surface area contributed by atoms with Gasteiger partial charge in [0, 0.05) is 24.7 Å². The van der Waals surface area contributed by atoms with Crippen LogP contribution >= 0.6 is 0 Å². The number of carbonyl (C=O) groups is 2. The molecule has 2 aliphatic rings. The molecule has 7 heteroatoms. The van der Waals surface area contributed by atoms with Crippen LogP contribution < -0.4 is 21.5 Å². The van der Waals surface area contributed by atoms with Gasteiger partial charge in [-0.15, -0.1) is 0 Å². The molecule has 2 amide bonds. The maximum atomic E-state index is 12.3. The molecule has 7 nitrogen and oxygen atoms in total. The van der Waals surface area contributed by atoms with Crippen LogP contribution in [-0.2, 0) is 11.2 Å². The van der Waals surface area contributed by atoms with Gasteiger partial charge in [0.25, 0.3) is 5.91 Å². The summed E-state index contributed by atoms with van der Waals surface area (Å²) in [6.45, 7) is 0. The summed E-state index contributed by atoms with van der Waals surface area (Å²) in [6, 6.07) is 13.6. The number of amides is 2. The van der Waals surface area contributed by atoms with Crippen molar-refractivity contribution in [2.45, 2.75) is 63.1 Å². The zero-order valence-corrected chi connectivity index (χ0v) is 17.6. The fraction of sp³-hybridized carbons (Fsp3) is 0.458. The largest absolute Gasteiger partial charge is 0.474 e. The first-order valence-electron chi connectivity index (χ1n) is 10.9. The van der Waals surface area contributed by atoms with Gasteiger partial charge in [0.1, 0.15) is 11.7 Å². The first-order chi connectivity index (χ1) is 14.9. The van der Waals surface area contributed by atoms with E-state index in [1.807, 2.05) is 18.2 Å². The maximum absolute atomic E-state index is 12.3. The Balaban J connectivity index is 1.14. The predicted molar refractivity (Wildman–Crippen MR) is 117 cm³/mol. The molecule has 0 radical (unpaired) electrons. The SMILES string of the molecule is NC(=O)c1cccnc1OC1CC2(CC(NC(=O)C[C@@H](N)CCc3ccccc3)C2)C1. The van der Waals surface area contributed by atoms with Crippen molar-refractivity contribution in [3.63, 3.8) is 0 Å². The van der Waals surface area contributed by atoms with Crippen LogP contribution in [0.1, 0.15) is 54.4 Å².